The van der Waals surface area contributed by atoms with Crippen molar-refractivity contribution in [2.75, 3.05) is 30.5 Å². The van der Waals surface area contributed by atoms with Crippen molar-refractivity contribution < 1.29 is 35.5 Å². The van der Waals surface area contributed by atoms with Gasteiger partial charge in [-0.05, 0) is 102 Å². The van der Waals surface area contributed by atoms with Crippen LogP contribution in [0.2, 0.25) is 0 Å². The Morgan fingerprint density at radius 2 is 1.51 bits per heavy atom. The predicted octanol–water partition coefficient (Wildman–Crippen LogP) is 6.21. The fourth-order valence-corrected chi connectivity index (χ4v) is 11.4. The number of esters is 1. The summed E-state index contributed by atoms with van der Waals surface area (Å²) in [6.45, 7) is 15.1. The molecule has 1 fully saturated rings. The lowest BCUT2D eigenvalue weighted by Gasteiger charge is -2.42. The number of sulfone groups is 2. The van der Waals surface area contributed by atoms with Crippen LogP contribution in [0.25, 0.3) is 11.1 Å². The summed E-state index contributed by atoms with van der Waals surface area (Å²) < 4.78 is 76.1. The Morgan fingerprint density at radius 1 is 0.922 bits per heavy atom. The first-order chi connectivity index (χ1) is 23.6. The summed E-state index contributed by atoms with van der Waals surface area (Å²) in [5, 5.41) is 0. The monoisotopic (exact) mass is 743 g/mol. The minimum atomic E-state index is -3.99. The molecule has 13 heteroatoms. The van der Waals surface area contributed by atoms with Gasteiger partial charge in [-0.25, -0.2) is 26.0 Å². The molecule has 5 rings (SSSR count). The number of aromatic nitrogens is 1. The Hall–Kier alpha value is -3.39. The number of hydrogen-bond acceptors (Lipinski definition) is 10. The summed E-state index contributed by atoms with van der Waals surface area (Å²) in [6.07, 6.45) is 0.0913. The van der Waals surface area contributed by atoms with Gasteiger partial charge in [-0.15, -0.1) is 0 Å². The van der Waals surface area contributed by atoms with Crippen LogP contribution in [0.5, 0.6) is 0 Å². The maximum atomic E-state index is 13.9. The van der Waals surface area contributed by atoms with Crippen molar-refractivity contribution in [3.63, 3.8) is 0 Å². The van der Waals surface area contributed by atoms with Gasteiger partial charge in [0.15, 0.2) is 29.9 Å². The third kappa shape index (κ3) is 8.16. The fraction of sp³-hybridized carbons (Fsp3) is 0.526. The summed E-state index contributed by atoms with van der Waals surface area (Å²) in [5.74, 6) is -0.852. The van der Waals surface area contributed by atoms with E-state index in [0.717, 1.165) is 41.3 Å². The molecule has 10 nitrogen and oxygen atoms in total. The van der Waals surface area contributed by atoms with Gasteiger partial charge in [0.25, 0.3) is 0 Å². The normalized spacial score (nSPS) is 17.4. The molecule has 2 aliphatic heterocycles. The lowest BCUT2D eigenvalue weighted by molar-refractivity contribution is -0.171. The lowest BCUT2D eigenvalue weighted by atomic mass is 9.91. The van der Waals surface area contributed by atoms with Crippen LogP contribution in [0, 0.1) is 19.7 Å². The maximum absolute atomic E-state index is 13.9. The highest BCUT2D eigenvalue weighted by Crippen LogP contribution is 2.46. The highest BCUT2D eigenvalue weighted by molar-refractivity contribution is 8.09. The molecule has 0 amide bonds. The number of anilines is 1. The number of fused-ring (bicyclic) bond motifs is 1. The lowest BCUT2D eigenvalue weighted by Crippen LogP contribution is -2.54. The number of ether oxygens (including phenoxy) is 2. The van der Waals surface area contributed by atoms with Gasteiger partial charge >= 0.3 is 5.97 Å². The van der Waals surface area contributed by atoms with E-state index in [1.54, 1.807) is 26.0 Å². The minimum absolute atomic E-state index is 0.0981. The van der Waals surface area contributed by atoms with Crippen LogP contribution in [0.3, 0.4) is 0 Å². The molecule has 3 aromatic rings. The van der Waals surface area contributed by atoms with Crippen LogP contribution in [0.15, 0.2) is 42.5 Å². The average molecular weight is 744 g/mol. The molecule has 1 atom stereocenters. The molecule has 278 valence electrons. The molecule has 2 aliphatic rings. The van der Waals surface area contributed by atoms with E-state index < -0.39 is 47.5 Å². The second kappa shape index (κ2) is 14.2. The number of hydrogen-bond donors (Lipinski definition) is 0. The summed E-state index contributed by atoms with van der Waals surface area (Å²) >= 11 is 0. The van der Waals surface area contributed by atoms with Crippen LogP contribution in [-0.4, -0.2) is 74.1 Å². The quantitative estimate of drug-likeness (QED) is 0.222. The van der Waals surface area contributed by atoms with Crippen LogP contribution < -0.4 is 4.90 Å². The molecule has 0 saturated carbocycles. The van der Waals surface area contributed by atoms with E-state index in [2.05, 4.69) is 17.0 Å². The summed E-state index contributed by atoms with van der Waals surface area (Å²) in [6, 6.07) is 12.8. The highest BCUT2D eigenvalue weighted by atomic mass is 32.3. The zero-order chi connectivity index (χ0) is 37.7. The predicted molar refractivity (Wildman–Crippen MR) is 197 cm³/mol. The largest absolute Gasteiger partial charge is 0.461 e. The molecular weight excluding hydrogens is 694 g/mol. The summed E-state index contributed by atoms with van der Waals surface area (Å²) in [4.78, 5) is 23.1. The molecule has 0 bridgehead atoms. The number of carbonyl (C=O) groups excluding carboxylic acids is 1. The topological polar surface area (TPSA) is 123 Å². The molecule has 0 N–H and O–H groups in total. The molecule has 3 heterocycles. The zero-order valence-corrected chi connectivity index (χ0v) is 32.7. The van der Waals surface area contributed by atoms with Crippen LogP contribution >= 0.6 is 0 Å². The Morgan fingerprint density at radius 3 is 2.06 bits per heavy atom. The molecular formula is C38H50FN3O7S2. The van der Waals surface area contributed by atoms with Gasteiger partial charge in [0.1, 0.15) is 5.82 Å². The third-order valence-electron chi connectivity index (χ3n) is 9.67. The van der Waals surface area contributed by atoms with Gasteiger partial charge in [-0.3, -0.25) is 9.88 Å². The fourth-order valence-electron chi connectivity index (χ4n) is 7.37. The molecule has 0 spiro atoms. The molecule has 1 aromatic heterocycles. The average Bonchev–Trinajstić information content (AvgIpc) is 3.40. The number of piperidine rings is 1. The number of rotatable bonds is 10. The van der Waals surface area contributed by atoms with Crippen LogP contribution in [-0.2, 0) is 53.6 Å². The van der Waals surface area contributed by atoms with E-state index >= 15 is 0 Å². The first-order valence-corrected chi connectivity index (χ1v) is 21.0. The molecule has 0 radical (unpaired) electrons. The zero-order valence-electron chi connectivity index (χ0n) is 31.0. The van der Waals surface area contributed by atoms with Crippen LogP contribution in [0.1, 0.15) is 87.2 Å². The Kier molecular flexibility index (Phi) is 10.8. The van der Waals surface area contributed by atoms with Crippen molar-refractivity contribution in [1.82, 2.24) is 9.88 Å². The number of pyridine rings is 1. The molecule has 1 saturated heterocycles. The highest BCUT2D eigenvalue weighted by Gasteiger charge is 2.52. The SMILES string of the molecule is Cc1nc(C)c(C(OC(C)(C)C)C(=O)OC(C)C)c(N2CCC(S(C)(=O)=O)(S(C)(=O)=O)CC2)c1-c1ccc2c(c1)CN(Cc1ccc(F)cc1)C2. The molecule has 51 heavy (non-hydrogen) atoms. The molecule has 2 aromatic carbocycles. The Bertz CT molecular complexity index is 1980. The summed E-state index contributed by atoms with van der Waals surface area (Å²) in [5.41, 5.74) is 6.54. The van der Waals surface area contributed by atoms with E-state index in [9.17, 15) is 26.0 Å². The van der Waals surface area contributed by atoms with E-state index in [4.69, 9.17) is 14.5 Å². The number of carbonyl (C=O) groups is 1. The number of benzene rings is 2. The van der Waals surface area contributed by atoms with E-state index in [-0.39, 0.29) is 31.7 Å². The van der Waals surface area contributed by atoms with Crippen molar-refractivity contribution in [2.45, 2.75) is 103 Å². The second-order valence-electron chi connectivity index (χ2n) is 15.2. The first kappa shape index (κ1) is 38.8. The van der Waals surface area contributed by atoms with Crippen molar-refractivity contribution in [2.24, 2.45) is 0 Å². The molecule has 0 aliphatic carbocycles. The van der Waals surface area contributed by atoms with Gasteiger partial charge in [0.2, 0.25) is 0 Å². The summed E-state index contributed by atoms with van der Waals surface area (Å²) in [7, 11) is -7.99. The maximum Gasteiger partial charge on any atom is 0.340 e. The standard InChI is InChI=1S/C38H50FN3O7S2/c1-24(2)48-36(43)35(49-37(5,6)7)33-26(4)40-25(3)32(34(33)42-18-16-38(17-19-42,50(8,44)45)51(9,46)47)28-12-13-29-22-41(23-30(29)20-28)21-27-10-14-31(39)15-11-27/h10-15,20,24,35H,16-19,21-23H2,1-9H3. The number of nitrogens with zero attached hydrogens (tertiary/aromatic N) is 3. The van der Waals surface area contributed by atoms with Gasteiger partial charge in [-0.2, -0.15) is 0 Å². The Labute approximate surface area is 302 Å². The second-order valence-corrected chi connectivity index (χ2v) is 20.1. The smallest absolute Gasteiger partial charge is 0.340 e. The first-order valence-electron chi connectivity index (χ1n) is 17.2. The van der Waals surface area contributed by atoms with Crippen LogP contribution in [0.4, 0.5) is 10.1 Å². The number of aryl methyl sites for hydroxylation is 2. The molecule has 1 unspecified atom stereocenters. The van der Waals surface area contributed by atoms with Crippen molar-refractivity contribution in [1.29, 1.82) is 0 Å². The van der Waals surface area contributed by atoms with Crippen molar-refractivity contribution in [3.8, 4) is 11.1 Å². The minimum Gasteiger partial charge on any atom is -0.461 e. The van der Waals surface area contributed by atoms with E-state index in [1.165, 1.54) is 17.7 Å². The van der Waals surface area contributed by atoms with Crippen molar-refractivity contribution in [3.05, 3.63) is 81.9 Å². The van der Waals surface area contributed by atoms with E-state index in [1.807, 2.05) is 45.6 Å². The van der Waals surface area contributed by atoms with Gasteiger partial charge in [0, 0.05) is 67.8 Å². The van der Waals surface area contributed by atoms with Gasteiger partial charge in [-0.1, -0.05) is 24.3 Å². The Balaban J connectivity index is 1.66. The van der Waals surface area contributed by atoms with Gasteiger partial charge in [0.05, 0.1) is 17.4 Å². The van der Waals surface area contributed by atoms with E-state index in [0.29, 0.717) is 35.7 Å². The van der Waals surface area contributed by atoms with Crippen molar-refractivity contribution >= 4 is 31.3 Å². The third-order valence-corrected chi connectivity index (χ3v) is 15.0. The van der Waals surface area contributed by atoms with Gasteiger partial charge < -0.3 is 14.4 Å². The number of halogens is 1.